The third-order valence-electron chi connectivity index (χ3n) is 3.30. The molecule has 1 atom stereocenters. The van der Waals surface area contributed by atoms with E-state index < -0.39 is 5.60 Å². The molecular weight excluding hydrogens is 389 g/mol. The van der Waals surface area contributed by atoms with Crippen LogP contribution in [0.15, 0.2) is 35.3 Å². The van der Waals surface area contributed by atoms with E-state index in [0.29, 0.717) is 12.5 Å². The maximum Gasteiger partial charge on any atom is 0.191 e. The molecule has 0 aromatic heterocycles. The van der Waals surface area contributed by atoms with Crippen LogP contribution in [0.3, 0.4) is 0 Å². The van der Waals surface area contributed by atoms with Crippen molar-refractivity contribution < 1.29 is 5.11 Å². The molecule has 0 fully saturated rings. The largest absolute Gasteiger partial charge is 0.384 e. The summed E-state index contributed by atoms with van der Waals surface area (Å²) in [6.45, 7) is 10.3. The molecule has 3 N–H and O–H groups in total. The molecule has 0 amide bonds. The number of halogens is 1. The van der Waals surface area contributed by atoms with Crippen molar-refractivity contribution in [3.8, 4) is 0 Å². The van der Waals surface area contributed by atoms with E-state index in [-0.39, 0.29) is 24.0 Å². The fourth-order valence-electron chi connectivity index (χ4n) is 1.94. The summed E-state index contributed by atoms with van der Waals surface area (Å²) in [4.78, 5) is 4.50. The second-order valence-electron chi connectivity index (χ2n) is 5.94. The van der Waals surface area contributed by atoms with Crippen LogP contribution in [0.5, 0.6) is 0 Å². The Bertz CT molecular complexity index is 433. The third-order valence-corrected chi connectivity index (χ3v) is 3.30. The van der Waals surface area contributed by atoms with Gasteiger partial charge < -0.3 is 15.7 Å². The minimum Gasteiger partial charge on any atom is -0.384 e. The number of nitrogens with zero attached hydrogens (tertiary/aromatic N) is 1. The van der Waals surface area contributed by atoms with E-state index in [1.165, 1.54) is 0 Å². The summed E-state index contributed by atoms with van der Waals surface area (Å²) < 4.78 is 0. The van der Waals surface area contributed by atoms with Gasteiger partial charge >= 0.3 is 0 Å². The quantitative estimate of drug-likeness (QED) is 0.362. The van der Waals surface area contributed by atoms with Gasteiger partial charge in [-0.3, -0.25) is 0 Å². The van der Waals surface area contributed by atoms with Crippen LogP contribution >= 0.6 is 24.0 Å². The Kier molecular flexibility index (Phi) is 10.4. The highest BCUT2D eigenvalue weighted by molar-refractivity contribution is 14.0. The number of guanidine groups is 1. The molecule has 1 aromatic carbocycles. The Hall–Kier alpha value is -0.820. The molecule has 0 radical (unpaired) electrons. The van der Waals surface area contributed by atoms with E-state index in [2.05, 4.69) is 29.5 Å². The third kappa shape index (κ3) is 7.98. The van der Waals surface area contributed by atoms with Crippen molar-refractivity contribution in [2.24, 2.45) is 10.9 Å². The zero-order valence-corrected chi connectivity index (χ0v) is 16.4. The summed E-state index contributed by atoms with van der Waals surface area (Å²) >= 11 is 0. The summed E-state index contributed by atoms with van der Waals surface area (Å²) in [6, 6.07) is 9.66. The standard InChI is InChI=1S/C17H29N3O.HI/c1-5-18-16(19-12-11-14(2)3)20-13-17(4,21)15-9-7-6-8-10-15;/h6-10,14,21H,5,11-13H2,1-4H3,(H2,18,19,20);1H. The molecule has 1 aromatic rings. The predicted molar refractivity (Wildman–Crippen MR) is 105 cm³/mol. The Morgan fingerprint density at radius 1 is 1.23 bits per heavy atom. The SMILES string of the molecule is CCNC(=NCC(C)(O)c1ccccc1)NCCC(C)C.I. The van der Waals surface area contributed by atoms with Crippen molar-refractivity contribution in [2.45, 2.75) is 39.7 Å². The smallest absolute Gasteiger partial charge is 0.191 e. The van der Waals surface area contributed by atoms with Gasteiger partial charge in [0.15, 0.2) is 5.96 Å². The van der Waals surface area contributed by atoms with Gasteiger partial charge in [-0.25, -0.2) is 4.99 Å². The van der Waals surface area contributed by atoms with Crippen LogP contribution in [-0.2, 0) is 5.60 Å². The summed E-state index contributed by atoms with van der Waals surface area (Å²) in [5.41, 5.74) is -0.0754. The molecule has 0 heterocycles. The summed E-state index contributed by atoms with van der Waals surface area (Å²) in [5, 5.41) is 17.1. The van der Waals surface area contributed by atoms with Crippen LogP contribution in [0.2, 0.25) is 0 Å². The van der Waals surface area contributed by atoms with Gasteiger partial charge in [0.05, 0.1) is 6.54 Å². The summed E-state index contributed by atoms with van der Waals surface area (Å²) in [7, 11) is 0. The number of nitrogens with one attached hydrogen (secondary N) is 2. The van der Waals surface area contributed by atoms with Gasteiger partial charge in [0.25, 0.3) is 0 Å². The van der Waals surface area contributed by atoms with Gasteiger partial charge in [0.1, 0.15) is 5.60 Å². The number of benzene rings is 1. The lowest BCUT2D eigenvalue weighted by Gasteiger charge is -2.22. The molecule has 0 aliphatic heterocycles. The van der Waals surface area contributed by atoms with Crippen molar-refractivity contribution in [3.05, 3.63) is 35.9 Å². The first kappa shape index (κ1) is 21.2. The maximum absolute atomic E-state index is 10.6. The molecule has 22 heavy (non-hydrogen) atoms. The molecule has 4 nitrogen and oxygen atoms in total. The first-order valence-electron chi connectivity index (χ1n) is 7.75. The highest BCUT2D eigenvalue weighted by Gasteiger charge is 2.22. The number of aliphatic hydroxyl groups is 1. The maximum atomic E-state index is 10.6. The van der Waals surface area contributed by atoms with Crippen molar-refractivity contribution in [1.29, 1.82) is 0 Å². The van der Waals surface area contributed by atoms with Gasteiger partial charge in [0.2, 0.25) is 0 Å². The zero-order chi connectivity index (χ0) is 15.7. The second kappa shape index (κ2) is 10.8. The van der Waals surface area contributed by atoms with Gasteiger partial charge in [0, 0.05) is 13.1 Å². The van der Waals surface area contributed by atoms with Gasteiger partial charge in [-0.1, -0.05) is 44.2 Å². The molecule has 0 saturated carbocycles. The predicted octanol–water partition coefficient (Wildman–Crippen LogP) is 3.11. The van der Waals surface area contributed by atoms with E-state index in [0.717, 1.165) is 31.0 Å². The fraction of sp³-hybridized carbons (Fsp3) is 0.588. The highest BCUT2D eigenvalue weighted by atomic mass is 127. The molecular formula is C17H30IN3O. The molecule has 0 spiro atoms. The molecule has 0 saturated heterocycles. The molecule has 126 valence electrons. The Balaban J connectivity index is 0.00000441. The number of rotatable bonds is 7. The number of hydrogen-bond acceptors (Lipinski definition) is 2. The monoisotopic (exact) mass is 419 g/mol. The Morgan fingerprint density at radius 3 is 2.41 bits per heavy atom. The molecule has 0 bridgehead atoms. The van der Waals surface area contributed by atoms with Crippen molar-refractivity contribution >= 4 is 29.9 Å². The lowest BCUT2D eigenvalue weighted by Crippen LogP contribution is -2.39. The topological polar surface area (TPSA) is 56.7 Å². The van der Waals surface area contributed by atoms with Crippen LogP contribution in [0, 0.1) is 5.92 Å². The minimum absolute atomic E-state index is 0. The summed E-state index contributed by atoms with van der Waals surface area (Å²) in [6.07, 6.45) is 1.10. The van der Waals surface area contributed by atoms with Crippen molar-refractivity contribution in [3.63, 3.8) is 0 Å². The Labute approximate surface area is 151 Å². The Morgan fingerprint density at radius 2 is 1.86 bits per heavy atom. The number of hydrogen-bond donors (Lipinski definition) is 3. The second-order valence-corrected chi connectivity index (χ2v) is 5.94. The van der Waals surface area contributed by atoms with Crippen molar-refractivity contribution in [1.82, 2.24) is 10.6 Å². The average molecular weight is 419 g/mol. The van der Waals surface area contributed by atoms with Crippen LogP contribution in [0.4, 0.5) is 0 Å². The molecule has 0 aliphatic carbocycles. The van der Waals surface area contributed by atoms with Crippen LogP contribution < -0.4 is 10.6 Å². The lowest BCUT2D eigenvalue weighted by molar-refractivity contribution is 0.0672. The van der Waals surface area contributed by atoms with Gasteiger partial charge in [-0.15, -0.1) is 24.0 Å². The van der Waals surface area contributed by atoms with E-state index in [4.69, 9.17) is 0 Å². The molecule has 0 aliphatic rings. The van der Waals surface area contributed by atoms with Crippen molar-refractivity contribution in [2.75, 3.05) is 19.6 Å². The summed E-state index contributed by atoms with van der Waals surface area (Å²) in [5.74, 6) is 1.42. The van der Waals surface area contributed by atoms with Crippen LogP contribution in [-0.4, -0.2) is 30.7 Å². The first-order valence-corrected chi connectivity index (χ1v) is 7.75. The lowest BCUT2D eigenvalue weighted by atomic mass is 9.96. The average Bonchev–Trinajstić information content (AvgIpc) is 2.45. The molecule has 1 unspecified atom stereocenters. The molecule has 1 rings (SSSR count). The fourth-order valence-corrected chi connectivity index (χ4v) is 1.94. The van der Waals surface area contributed by atoms with Gasteiger partial charge in [-0.05, 0) is 31.7 Å². The molecule has 5 heteroatoms. The van der Waals surface area contributed by atoms with Gasteiger partial charge in [-0.2, -0.15) is 0 Å². The zero-order valence-electron chi connectivity index (χ0n) is 14.1. The van der Waals surface area contributed by atoms with Crippen LogP contribution in [0.25, 0.3) is 0 Å². The van der Waals surface area contributed by atoms with E-state index in [1.54, 1.807) is 6.92 Å². The van der Waals surface area contributed by atoms with Crippen LogP contribution in [0.1, 0.15) is 39.7 Å². The normalized spacial score (nSPS) is 14.2. The van der Waals surface area contributed by atoms with E-state index in [1.807, 2.05) is 37.3 Å². The van der Waals surface area contributed by atoms with E-state index in [9.17, 15) is 5.11 Å². The highest BCUT2D eigenvalue weighted by Crippen LogP contribution is 2.20. The van der Waals surface area contributed by atoms with E-state index >= 15 is 0 Å². The number of aliphatic imine (C=N–C) groups is 1. The first-order chi connectivity index (χ1) is 9.95. The minimum atomic E-state index is -0.957.